The van der Waals surface area contributed by atoms with E-state index in [9.17, 15) is 0 Å². The van der Waals surface area contributed by atoms with Crippen molar-refractivity contribution < 1.29 is 4.39 Å². The molecule has 0 aliphatic carbocycles. The van der Waals surface area contributed by atoms with Crippen molar-refractivity contribution in [1.29, 1.82) is 0 Å². The Kier molecular flexibility index (Phi) is 8.55. The van der Waals surface area contributed by atoms with Gasteiger partial charge in [-0.25, -0.2) is 9.37 Å². The van der Waals surface area contributed by atoms with Crippen LogP contribution in [0.1, 0.15) is 72.9 Å². The van der Waals surface area contributed by atoms with E-state index in [1.807, 2.05) is 12.1 Å². The molecule has 3 aliphatic rings. The zero-order valence-corrected chi connectivity index (χ0v) is 28.8. The van der Waals surface area contributed by atoms with E-state index >= 15 is 4.39 Å². The molecule has 1 N–H and O–H groups in total. The lowest BCUT2D eigenvalue weighted by atomic mass is 9.83. The molecule has 0 amide bonds. The monoisotopic (exact) mass is 657 g/mol. The van der Waals surface area contributed by atoms with Crippen LogP contribution in [0, 0.1) is 12.7 Å². The quantitative estimate of drug-likeness (QED) is 0.185. The molecule has 0 spiro atoms. The summed E-state index contributed by atoms with van der Waals surface area (Å²) < 4.78 is 15.7. The summed E-state index contributed by atoms with van der Waals surface area (Å²) in [6.45, 7) is 9.45. The summed E-state index contributed by atoms with van der Waals surface area (Å²) in [5, 5.41) is 4.78. The summed E-state index contributed by atoms with van der Waals surface area (Å²) in [4.78, 5) is 13.7. The maximum Gasteiger partial charge on any atom is 0.190 e. The van der Waals surface area contributed by atoms with Crippen molar-refractivity contribution in [3.05, 3.63) is 112 Å². The van der Waals surface area contributed by atoms with Gasteiger partial charge in [-0.15, -0.1) is 0 Å². The molecule has 0 saturated carbocycles. The third-order valence-electron chi connectivity index (χ3n) is 10.4. The number of fused-ring (bicyclic) bond motifs is 2. The maximum absolute atomic E-state index is 15.7. The highest BCUT2D eigenvalue weighted by Crippen LogP contribution is 2.52. The summed E-state index contributed by atoms with van der Waals surface area (Å²) in [6.07, 6.45) is 7.55. The minimum atomic E-state index is -0.246. The molecule has 5 aromatic rings. The highest BCUT2D eigenvalue weighted by molar-refractivity contribution is 7.16. The van der Waals surface area contributed by atoms with Crippen molar-refractivity contribution in [2.75, 3.05) is 52.7 Å². The molecular weight excluding hydrogens is 614 g/mol. The molecular formula is C41H44FN5S. The van der Waals surface area contributed by atoms with E-state index in [1.165, 1.54) is 66.6 Å². The van der Waals surface area contributed by atoms with Crippen molar-refractivity contribution >= 4 is 44.9 Å². The van der Waals surface area contributed by atoms with Gasteiger partial charge in [0.15, 0.2) is 5.13 Å². The highest BCUT2D eigenvalue weighted by Gasteiger charge is 2.34. The second kappa shape index (κ2) is 13.3. The zero-order valence-electron chi connectivity index (χ0n) is 28.0. The first-order valence-electron chi connectivity index (χ1n) is 17.7. The number of piperidine rings is 2. The molecule has 0 bridgehead atoms. The van der Waals surface area contributed by atoms with E-state index in [-0.39, 0.29) is 11.7 Å². The van der Waals surface area contributed by atoms with E-state index in [1.54, 1.807) is 23.5 Å². The average Bonchev–Trinajstić information content (AvgIpc) is 3.56. The van der Waals surface area contributed by atoms with E-state index < -0.39 is 0 Å². The molecule has 8 rings (SSSR count). The molecule has 4 heterocycles. The zero-order chi connectivity index (χ0) is 32.6. The van der Waals surface area contributed by atoms with Crippen LogP contribution in [0.25, 0.3) is 11.3 Å². The van der Waals surface area contributed by atoms with Gasteiger partial charge in [0.2, 0.25) is 0 Å². The van der Waals surface area contributed by atoms with Crippen LogP contribution in [-0.4, -0.2) is 37.7 Å². The van der Waals surface area contributed by atoms with Gasteiger partial charge in [0.05, 0.1) is 5.69 Å². The van der Waals surface area contributed by atoms with Crippen LogP contribution < -0.4 is 20.0 Å². The normalized spacial score (nSPS) is 16.3. The number of nitrogens with zero attached hydrogens (tertiary/aromatic N) is 4. The maximum atomic E-state index is 15.7. The first-order valence-corrected chi connectivity index (χ1v) is 18.5. The van der Waals surface area contributed by atoms with Gasteiger partial charge in [-0.1, -0.05) is 53.8 Å². The van der Waals surface area contributed by atoms with Gasteiger partial charge in [0, 0.05) is 77.5 Å². The molecule has 48 heavy (non-hydrogen) atoms. The number of halogens is 1. The number of thiazole rings is 1. The molecule has 2 saturated heterocycles. The Morgan fingerprint density at radius 1 is 0.771 bits per heavy atom. The Morgan fingerprint density at radius 3 is 1.94 bits per heavy atom. The van der Waals surface area contributed by atoms with Gasteiger partial charge in [-0.3, -0.25) is 0 Å². The molecule has 0 atom stereocenters. The number of aromatic nitrogens is 1. The lowest BCUT2D eigenvalue weighted by Gasteiger charge is -2.34. The standard InChI is InChI=1S/C41H44FN5S/c1-3-47(37-17-9-6-14-28(37)2)41-44-39(31-15-7-8-16-34(31)42)40(48-41)38-32-20-18-29(45-22-10-4-11-23-45)26-35(32)43-36-27-30(19-21-33(36)38)46-24-12-5-13-25-46/h6-9,14-21,26-27,38,43H,3-5,10-13,22-25H2,1-2H3. The molecule has 3 aliphatic heterocycles. The fraction of sp³-hybridized carbons (Fsp3) is 0.341. The first kappa shape index (κ1) is 30.9. The number of hydrogen-bond acceptors (Lipinski definition) is 6. The van der Waals surface area contributed by atoms with Crippen LogP contribution in [0.3, 0.4) is 0 Å². The Bertz CT molecular complexity index is 1850. The summed E-state index contributed by atoms with van der Waals surface area (Å²) in [5.74, 6) is -0.344. The van der Waals surface area contributed by atoms with Crippen LogP contribution in [0.5, 0.6) is 0 Å². The predicted molar refractivity (Wildman–Crippen MR) is 201 cm³/mol. The fourth-order valence-electron chi connectivity index (χ4n) is 7.85. The third kappa shape index (κ3) is 5.72. The van der Waals surface area contributed by atoms with Crippen molar-refractivity contribution in [3.8, 4) is 11.3 Å². The largest absolute Gasteiger partial charge is 0.371 e. The number of aryl methyl sites for hydroxylation is 1. The minimum absolute atomic E-state index is 0.0986. The van der Waals surface area contributed by atoms with Gasteiger partial charge in [0.1, 0.15) is 5.82 Å². The molecule has 0 unspecified atom stereocenters. The molecule has 5 nitrogen and oxygen atoms in total. The average molecular weight is 658 g/mol. The SMILES string of the molecule is CCN(c1nc(-c2ccccc2F)c(C2c3ccc(N4CCCCC4)cc3Nc3cc(N4CCCCC4)ccc32)s1)c1ccccc1C. The second-order valence-corrected chi connectivity index (χ2v) is 14.4. The Hall–Kier alpha value is -4.36. The number of anilines is 6. The molecule has 7 heteroatoms. The predicted octanol–water partition coefficient (Wildman–Crippen LogP) is 10.6. The summed E-state index contributed by atoms with van der Waals surface area (Å²) >= 11 is 1.70. The number of hydrogen-bond donors (Lipinski definition) is 1. The summed E-state index contributed by atoms with van der Waals surface area (Å²) in [6, 6.07) is 29.5. The third-order valence-corrected chi connectivity index (χ3v) is 11.5. The topological polar surface area (TPSA) is 34.6 Å². The number of rotatable bonds is 7. The number of para-hydroxylation sites is 1. The van der Waals surface area contributed by atoms with Gasteiger partial charge in [-0.2, -0.15) is 0 Å². The molecule has 1 aromatic heterocycles. The van der Waals surface area contributed by atoms with Crippen LogP contribution in [0.2, 0.25) is 0 Å². The van der Waals surface area contributed by atoms with Gasteiger partial charge < -0.3 is 20.0 Å². The van der Waals surface area contributed by atoms with E-state index in [0.29, 0.717) is 5.56 Å². The molecule has 2 fully saturated rings. The van der Waals surface area contributed by atoms with Crippen molar-refractivity contribution in [1.82, 2.24) is 4.98 Å². The first-order chi connectivity index (χ1) is 23.6. The van der Waals surface area contributed by atoms with E-state index in [2.05, 4.69) is 94.5 Å². The van der Waals surface area contributed by atoms with Gasteiger partial charge in [-0.05, 0) is 112 Å². The van der Waals surface area contributed by atoms with E-state index in [0.717, 1.165) is 65.5 Å². The van der Waals surface area contributed by atoms with Crippen molar-refractivity contribution in [2.24, 2.45) is 0 Å². The van der Waals surface area contributed by atoms with Crippen LogP contribution in [0.15, 0.2) is 84.9 Å². The van der Waals surface area contributed by atoms with Gasteiger partial charge >= 0.3 is 0 Å². The lowest BCUT2D eigenvalue weighted by molar-refractivity contribution is 0.577. The Labute approximate surface area is 288 Å². The molecule has 4 aromatic carbocycles. The lowest BCUT2D eigenvalue weighted by Crippen LogP contribution is -2.30. The Morgan fingerprint density at radius 2 is 1.35 bits per heavy atom. The molecule has 0 radical (unpaired) electrons. The second-order valence-electron chi connectivity index (χ2n) is 13.4. The van der Waals surface area contributed by atoms with Crippen LogP contribution in [0.4, 0.5) is 38.0 Å². The van der Waals surface area contributed by atoms with Crippen molar-refractivity contribution in [2.45, 2.75) is 58.3 Å². The minimum Gasteiger partial charge on any atom is -0.371 e. The van der Waals surface area contributed by atoms with E-state index in [4.69, 9.17) is 4.98 Å². The number of benzene rings is 4. The van der Waals surface area contributed by atoms with Crippen molar-refractivity contribution in [3.63, 3.8) is 0 Å². The van der Waals surface area contributed by atoms with Gasteiger partial charge in [0.25, 0.3) is 0 Å². The van der Waals surface area contributed by atoms with Crippen LogP contribution in [-0.2, 0) is 0 Å². The van der Waals surface area contributed by atoms with Crippen LogP contribution >= 0.6 is 11.3 Å². The smallest absolute Gasteiger partial charge is 0.190 e. The fourth-order valence-corrected chi connectivity index (χ4v) is 9.15. The number of nitrogens with one attached hydrogen (secondary N) is 1. The summed E-state index contributed by atoms with van der Waals surface area (Å²) in [5.41, 5.74) is 10.8. The highest BCUT2D eigenvalue weighted by atomic mass is 32.1. The summed E-state index contributed by atoms with van der Waals surface area (Å²) in [7, 11) is 0. The Balaban J connectivity index is 1.32. The molecule has 246 valence electrons.